The van der Waals surface area contributed by atoms with Crippen molar-refractivity contribution in [2.75, 3.05) is 11.2 Å². The van der Waals surface area contributed by atoms with E-state index in [9.17, 15) is 35.8 Å². The molecule has 18 heteroatoms. The van der Waals surface area contributed by atoms with Gasteiger partial charge in [-0.25, -0.2) is 8.42 Å². The van der Waals surface area contributed by atoms with Crippen molar-refractivity contribution in [2.24, 2.45) is 20.3 Å². The van der Waals surface area contributed by atoms with Crippen LogP contribution in [0.15, 0.2) is 115 Å². The van der Waals surface area contributed by atoms with Crippen molar-refractivity contribution < 1.29 is 95.0 Å². The number of nitrogens with zero attached hydrogens (tertiary/aromatic N) is 4. The average Bonchev–Trinajstić information content (AvgIpc) is 2.99. The number of benzene rings is 4. The third-order valence-electron chi connectivity index (χ3n) is 6.55. The summed E-state index contributed by atoms with van der Waals surface area (Å²) >= 11 is 0. The molecule has 0 amide bonds. The molecule has 14 nitrogen and oxygen atoms in total. The van der Waals surface area contributed by atoms with Gasteiger partial charge in [0.25, 0.3) is 10.1 Å². The van der Waals surface area contributed by atoms with Crippen LogP contribution in [0.25, 0.3) is 6.08 Å². The van der Waals surface area contributed by atoms with Gasteiger partial charge in [0.2, 0.25) is 5.78 Å². The summed E-state index contributed by atoms with van der Waals surface area (Å²) in [5, 5.41) is 24.6. The van der Waals surface area contributed by atoms with Crippen molar-refractivity contribution in [3.05, 3.63) is 112 Å². The van der Waals surface area contributed by atoms with E-state index in [2.05, 4.69) is 25.7 Å². The molecule has 1 aliphatic carbocycles. The number of rotatable bonds is 8. The maximum Gasteiger partial charge on any atom is 1.00 e. The molecule has 1 aliphatic rings. The van der Waals surface area contributed by atoms with E-state index in [-0.39, 0.29) is 87.2 Å². The van der Waals surface area contributed by atoms with Crippen LogP contribution in [0.3, 0.4) is 0 Å². The van der Waals surface area contributed by atoms with E-state index in [1.165, 1.54) is 54.6 Å². The minimum absolute atomic E-state index is 0. The van der Waals surface area contributed by atoms with Crippen LogP contribution in [0.5, 0.6) is 0 Å². The third-order valence-corrected chi connectivity index (χ3v) is 8.25. The van der Waals surface area contributed by atoms with Crippen LogP contribution in [-0.4, -0.2) is 43.3 Å². The van der Waals surface area contributed by atoms with Gasteiger partial charge in [0.05, 0.1) is 27.6 Å². The van der Waals surface area contributed by atoms with Gasteiger partial charge < -0.3 is 15.4 Å². The van der Waals surface area contributed by atoms with Crippen molar-refractivity contribution in [3.63, 3.8) is 0 Å². The molecule has 0 heterocycles. The minimum atomic E-state index is -4.92. The van der Waals surface area contributed by atoms with E-state index in [0.29, 0.717) is 22.6 Å². The molecule has 0 radical (unpaired) electrons. The van der Waals surface area contributed by atoms with Gasteiger partial charge in [-0.3, -0.25) is 19.8 Å². The number of allylic oxidation sites excluding steroid dienone is 1. The number of nitrogens with one attached hydrogen (secondary N) is 1. The second kappa shape index (κ2) is 15.8. The Labute approximate surface area is 319 Å². The molecule has 0 spiro atoms. The summed E-state index contributed by atoms with van der Waals surface area (Å²) in [6.07, 6.45) is 1.06. The number of nitrogen functional groups attached to an aromatic ring is 1. The van der Waals surface area contributed by atoms with E-state index < -0.39 is 47.4 Å². The zero-order valence-corrected chi connectivity index (χ0v) is 31.3. The summed E-state index contributed by atoms with van der Waals surface area (Å²) in [4.78, 5) is 16.1. The van der Waals surface area contributed by atoms with Gasteiger partial charge >= 0.3 is 59.1 Å². The Bertz CT molecular complexity index is 2240. The second-order valence-electron chi connectivity index (χ2n) is 9.85. The molecule has 0 saturated carbocycles. The fourth-order valence-electron chi connectivity index (χ4n) is 4.28. The smallest absolute Gasteiger partial charge is 0.858 e. The number of hydrazone groups is 1. The van der Waals surface area contributed by atoms with Gasteiger partial charge in [-0.05, 0) is 102 Å². The number of hydrogen-bond acceptors (Lipinski definition) is 13. The van der Waals surface area contributed by atoms with E-state index in [4.69, 9.17) is 5.73 Å². The van der Waals surface area contributed by atoms with Crippen LogP contribution in [-0.2, 0) is 20.2 Å². The summed E-state index contributed by atoms with van der Waals surface area (Å²) in [7, 11) is -9.59. The Hall–Kier alpha value is -3.55. The fraction of sp³-hybridized carbons (Fsp3) is 0.0333. The number of aryl methyl sites for hydroxylation is 1. The molecule has 0 aromatic heterocycles. The molecular weight excluding hydrogens is 682 g/mol. The number of carbonyl (C=O) groups excluding carboxylic acids is 1. The Morgan fingerprint density at radius 3 is 2.23 bits per heavy atom. The van der Waals surface area contributed by atoms with Crippen molar-refractivity contribution >= 4 is 72.1 Å². The van der Waals surface area contributed by atoms with Gasteiger partial charge in [0.1, 0.15) is 15.0 Å². The SMILES string of the molecule is Cc1cc(N/N=C2/C(=O)c3ccc(N=C([O-])c4ccc(N)cc4)cc3C=C2S(=O)(=O)O)ccc1N=Nc1cccc(S(=O)(=O)[O-])c1.[Na+].[Na+]. The van der Waals surface area contributed by atoms with Gasteiger partial charge in [-0.15, -0.1) is 0 Å². The molecule has 4 aromatic carbocycles. The summed E-state index contributed by atoms with van der Waals surface area (Å²) in [5.41, 5.74) is 10.1. The van der Waals surface area contributed by atoms with E-state index in [1.54, 1.807) is 25.1 Å². The van der Waals surface area contributed by atoms with Crippen LogP contribution in [0, 0.1) is 6.92 Å². The third kappa shape index (κ3) is 9.32. The number of ketones is 1. The fourth-order valence-corrected chi connectivity index (χ4v) is 5.44. The monoisotopic (exact) mass is 704 g/mol. The summed E-state index contributed by atoms with van der Waals surface area (Å²) in [5.74, 6) is -1.39. The number of hydrogen-bond donors (Lipinski definition) is 3. The number of azo groups is 1. The predicted octanol–water partition coefficient (Wildman–Crippen LogP) is -1.76. The number of carbonyl (C=O) groups is 1. The molecule has 234 valence electrons. The summed E-state index contributed by atoms with van der Waals surface area (Å²) in [6.45, 7) is 1.68. The first-order chi connectivity index (χ1) is 21.7. The van der Waals surface area contributed by atoms with Crippen molar-refractivity contribution in [3.8, 4) is 0 Å². The van der Waals surface area contributed by atoms with Gasteiger partial charge in [0.15, 0.2) is 5.71 Å². The van der Waals surface area contributed by atoms with E-state index in [0.717, 1.165) is 18.2 Å². The van der Waals surface area contributed by atoms with Gasteiger partial charge in [-0.2, -0.15) is 23.7 Å². The summed E-state index contributed by atoms with van der Waals surface area (Å²) < 4.78 is 68.2. The maximum absolute atomic E-state index is 13.3. The molecule has 0 saturated heterocycles. The van der Waals surface area contributed by atoms with Gasteiger partial charge in [0, 0.05) is 11.3 Å². The number of fused-ring (bicyclic) bond motifs is 1. The molecular formula is C30H22N6Na2O8S2. The molecule has 0 atom stereocenters. The molecule has 48 heavy (non-hydrogen) atoms. The average molecular weight is 705 g/mol. The zero-order chi connectivity index (χ0) is 33.2. The van der Waals surface area contributed by atoms with Crippen LogP contribution in [0.4, 0.5) is 28.4 Å². The van der Waals surface area contributed by atoms with Crippen molar-refractivity contribution in [1.82, 2.24) is 0 Å². The standard InChI is InChI=1S/C30H24N6O8S2.2Na/c1-17-13-23(10-12-26(17)35-33-22-3-2-4-24(16-22)45(39,40)41)34-36-28-27(46(42,43)44)15-19-14-21(9-11-25(19)29(28)37)32-30(38)18-5-7-20(31)8-6-18;;/h2-16,34H,31H2,1H3,(H,32,38)(H,39,40,41)(H,42,43,44);;/q;2*+1/p-2/b35-33?,36-28+;;. The molecule has 4 aromatic rings. The summed E-state index contributed by atoms with van der Waals surface area (Å²) in [6, 6.07) is 19.9. The van der Waals surface area contributed by atoms with Crippen LogP contribution >= 0.6 is 0 Å². The molecule has 0 fully saturated rings. The van der Waals surface area contributed by atoms with Crippen LogP contribution in [0.2, 0.25) is 0 Å². The normalized spacial score (nSPS) is 14.1. The zero-order valence-electron chi connectivity index (χ0n) is 25.6. The quantitative estimate of drug-likeness (QED) is 0.0355. The Kier molecular flexibility index (Phi) is 12.8. The topological polar surface area (TPSA) is 239 Å². The minimum Gasteiger partial charge on any atom is -0.858 e. The second-order valence-corrected chi connectivity index (χ2v) is 12.6. The predicted molar refractivity (Wildman–Crippen MR) is 168 cm³/mol. The van der Waals surface area contributed by atoms with Crippen LogP contribution in [0.1, 0.15) is 27.0 Å². The van der Waals surface area contributed by atoms with E-state index >= 15 is 0 Å². The Balaban J connectivity index is 0.00000312. The molecule has 5 rings (SSSR count). The number of Topliss-reactive ketones (excluding diaryl/α,β-unsaturated/α-hetero) is 1. The largest absolute Gasteiger partial charge is 1.00 e. The number of nitrogens with two attached hydrogens (primary N) is 1. The van der Waals surface area contributed by atoms with Crippen molar-refractivity contribution in [1.29, 1.82) is 0 Å². The molecule has 0 unspecified atom stereocenters. The first kappa shape index (κ1) is 38.9. The van der Waals surface area contributed by atoms with E-state index in [1.807, 2.05) is 0 Å². The Morgan fingerprint density at radius 1 is 0.875 bits per heavy atom. The number of aliphatic imine (C=N–C) groups is 1. The first-order valence-electron chi connectivity index (χ1n) is 13.1. The Morgan fingerprint density at radius 2 is 1.58 bits per heavy atom. The molecule has 4 N–H and O–H groups in total. The maximum atomic E-state index is 13.3. The molecule has 0 bridgehead atoms. The van der Waals surface area contributed by atoms with Gasteiger partial charge in [-0.1, -0.05) is 18.2 Å². The van der Waals surface area contributed by atoms with Crippen LogP contribution < -0.4 is 75.4 Å². The van der Waals surface area contributed by atoms with Crippen molar-refractivity contribution in [2.45, 2.75) is 11.8 Å². The number of anilines is 2. The first-order valence-corrected chi connectivity index (χ1v) is 16.0. The molecule has 0 aliphatic heterocycles.